The molecule has 6 nitrogen and oxygen atoms in total. The topological polar surface area (TPSA) is 84.5 Å². The third-order valence-electron chi connectivity index (χ3n) is 5.17. The van der Waals surface area contributed by atoms with E-state index in [1.54, 1.807) is 12.1 Å². The summed E-state index contributed by atoms with van der Waals surface area (Å²) in [6.07, 6.45) is 0. The molecule has 1 amide bonds. The molecule has 0 bridgehead atoms. The van der Waals surface area contributed by atoms with E-state index in [2.05, 4.69) is 10.0 Å². The van der Waals surface area contributed by atoms with Gasteiger partial charge in [0, 0.05) is 17.7 Å². The zero-order valence-electron chi connectivity index (χ0n) is 16.5. The molecule has 30 heavy (non-hydrogen) atoms. The van der Waals surface area contributed by atoms with Gasteiger partial charge in [0.15, 0.2) is 0 Å². The average Bonchev–Trinajstić information content (AvgIpc) is 2.76. The predicted molar refractivity (Wildman–Crippen MR) is 115 cm³/mol. The van der Waals surface area contributed by atoms with Gasteiger partial charge >= 0.3 is 0 Å². The summed E-state index contributed by atoms with van der Waals surface area (Å²) in [5.74, 6) is 0.524. The number of carbonyl (C=O) groups excluding carboxylic acids is 1. The van der Waals surface area contributed by atoms with Gasteiger partial charge in [-0.25, -0.2) is 13.1 Å². The molecule has 0 aromatic heterocycles. The first kappa shape index (κ1) is 20.1. The number of fused-ring (bicyclic) bond motifs is 2. The van der Waals surface area contributed by atoms with Crippen molar-refractivity contribution in [1.82, 2.24) is 10.0 Å². The van der Waals surface area contributed by atoms with Crippen LogP contribution in [-0.4, -0.2) is 21.4 Å². The lowest BCUT2D eigenvalue weighted by molar-refractivity contribution is -0.122. The largest absolute Gasteiger partial charge is 0.457 e. The lowest BCUT2D eigenvalue weighted by Crippen LogP contribution is -2.31. The molecule has 2 N–H and O–H groups in total. The number of benzene rings is 3. The summed E-state index contributed by atoms with van der Waals surface area (Å²) in [6, 6.07) is 22.2. The fraction of sp³-hybridized carbons (Fsp3) is 0.174. The maximum Gasteiger partial charge on any atom is 0.232 e. The highest BCUT2D eigenvalue weighted by atomic mass is 32.2. The van der Waals surface area contributed by atoms with Crippen LogP contribution in [0.5, 0.6) is 11.5 Å². The minimum absolute atomic E-state index is 0.140. The molecule has 1 aliphatic rings. The van der Waals surface area contributed by atoms with Crippen LogP contribution >= 0.6 is 0 Å². The number of hydrogen-bond donors (Lipinski definition) is 2. The van der Waals surface area contributed by atoms with Gasteiger partial charge in [0.2, 0.25) is 15.9 Å². The fourth-order valence-corrected chi connectivity index (χ4v) is 4.46. The van der Waals surface area contributed by atoms with Gasteiger partial charge in [-0.2, -0.15) is 0 Å². The first-order valence-corrected chi connectivity index (χ1v) is 11.2. The number of para-hydroxylation sites is 2. The van der Waals surface area contributed by atoms with Crippen molar-refractivity contribution in [3.63, 3.8) is 0 Å². The molecule has 1 heterocycles. The average molecular weight is 423 g/mol. The predicted octanol–water partition coefficient (Wildman–Crippen LogP) is 3.29. The number of hydrogen-bond acceptors (Lipinski definition) is 4. The fourth-order valence-electron chi connectivity index (χ4n) is 3.62. The number of nitrogens with one attached hydrogen (secondary N) is 2. The van der Waals surface area contributed by atoms with Crippen molar-refractivity contribution in [2.45, 2.75) is 18.2 Å². The number of amides is 1. The summed E-state index contributed by atoms with van der Waals surface area (Å²) < 4.78 is 32.2. The van der Waals surface area contributed by atoms with Crippen LogP contribution in [-0.2, 0) is 27.1 Å². The van der Waals surface area contributed by atoms with E-state index in [-0.39, 0.29) is 18.2 Å². The summed E-state index contributed by atoms with van der Waals surface area (Å²) in [4.78, 5) is 13.3. The highest BCUT2D eigenvalue weighted by Crippen LogP contribution is 2.43. The second-order valence-electron chi connectivity index (χ2n) is 7.06. The van der Waals surface area contributed by atoms with Gasteiger partial charge in [-0.15, -0.1) is 0 Å². The molecule has 4 rings (SSSR count). The normalized spacial score (nSPS) is 13.1. The number of carbonyl (C=O) groups is 1. The lowest BCUT2D eigenvalue weighted by Gasteiger charge is -2.27. The third-order valence-corrected chi connectivity index (χ3v) is 6.48. The van der Waals surface area contributed by atoms with Crippen molar-refractivity contribution >= 4 is 15.9 Å². The Labute approximate surface area is 176 Å². The van der Waals surface area contributed by atoms with Gasteiger partial charge in [0.05, 0.1) is 11.7 Å². The molecule has 3 aromatic rings. The standard InChI is InChI=1S/C23H22N2O4S/c1-24-30(27,28)15-17-9-3-2-8-16(17)14-25-23(26)22-18-10-4-6-12-20(18)29-21-13-7-5-11-19(21)22/h2-13,22,24H,14-15H2,1H3,(H,25,26). The third kappa shape index (κ3) is 4.08. The summed E-state index contributed by atoms with van der Waals surface area (Å²) in [6.45, 7) is 0.232. The van der Waals surface area contributed by atoms with Crippen molar-refractivity contribution in [2.75, 3.05) is 7.05 Å². The minimum Gasteiger partial charge on any atom is -0.457 e. The highest BCUT2D eigenvalue weighted by molar-refractivity contribution is 7.88. The van der Waals surface area contributed by atoms with Crippen LogP contribution in [0.2, 0.25) is 0 Å². The van der Waals surface area contributed by atoms with Crippen molar-refractivity contribution in [3.8, 4) is 11.5 Å². The summed E-state index contributed by atoms with van der Waals surface area (Å²) >= 11 is 0. The Hall–Kier alpha value is -3.16. The zero-order chi connectivity index (χ0) is 21.1. The Balaban J connectivity index is 1.59. The minimum atomic E-state index is -3.41. The molecule has 0 spiro atoms. The molecule has 3 aromatic carbocycles. The van der Waals surface area contributed by atoms with Gasteiger partial charge in [-0.1, -0.05) is 60.7 Å². The van der Waals surface area contributed by atoms with Crippen LogP contribution in [0, 0.1) is 0 Å². The van der Waals surface area contributed by atoms with Crippen LogP contribution in [0.25, 0.3) is 0 Å². The second-order valence-corrected chi connectivity index (χ2v) is 8.99. The van der Waals surface area contributed by atoms with E-state index in [0.717, 1.165) is 16.7 Å². The van der Waals surface area contributed by atoms with Gasteiger partial charge in [0.1, 0.15) is 11.5 Å². The van der Waals surface area contributed by atoms with Crippen LogP contribution in [0.15, 0.2) is 72.8 Å². The molecule has 0 atom stereocenters. The Bertz CT molecular complexity index is 1150. The first-order valence-electron chi connectivity index (χ1n) is 9.60. The Morgan fingerprint density at radius 1 is 0.867 bits per heavy atom. The SMILES string of the molecule is CNS(=O)(=O)Cc1ccccc1CNC(=O)C1c2ccccc2Oc2ccccc21. The maximum atomic E-state index is 13.3. The van der Waals surface area contributed by atoms with Gasteiger partial charge in [-0.3, -0.25) is 4.79 Å². The van der Waals surface area contributed by atoms with Crippen molar-refractivity contribution in [2.24, 2.45) is 0 Å². The van der Waals surface area contributed by atoms with E-state index in [4.69, 9.17) is 4.74 Å². The quantitative estimate of drug-likeness (QED) is 0.638. The molecule has 7 heteroatoms. The van der Waals surface area contributed by atoms with Crippen molar-refractivity contribution in [1.29, 1.82) is 0 Å². The smallest absolute Gasteiger partial charge is 0.232 e. The lowest BCUT2D eigenvalue weighted by atomic mass is 9.87. The molecule has 154 valence electrons. The van der Waals surface area contributed by atoms with Crippen LogP contribution in [0.3, 0.4) is 0 Å². The summed E-state index contributed by atoms with van der Waals surface area (Å²) in [7, 11) is -2.02. The molecule has 0 fully saturated rings. The highest BCUT2D eigenvalue weighted by Gasteiger charge is 2.32. The van der Waals surface area contributed by atoms with E-state index >= 15 is 0 Å². The first-order chi connectivity index (χ1) is 14.5. The van der Waals surface area contributed by atoms with Crippen LogP contribution < -0.4 is 14.8 Å². The molecule has 1 aliphatic heterocycles. The molecular weight excluding hydrogens is 400 g/mol. The summed E-state index contributed by atoms with van der Waals surface area (Å²) in [5, 5.41) is 2.98. The Morgan fingerprint density at radius 2 is 1.40 bits per heavy atom. The van der Waals surface area contributed by atoms with E-state index in [1.165, 1.54) is 7.05 Å². The van der Waals surface area contributed by atoms with Crippen molar-refractivity contribution < 1.29 is 17.9 Å². The van der Waals surface area contributed by atoms with E-state index in [1.807, 2.05) is 60.7 Å². The number of ether oxygens (including phenoxy) is 1. The van der Waals surface area contributed by atoms with Crippen LogP contribution in [0.1, 0.15) is 28.2 Å². The van der Waals surface area contributed by atoms with Gasteiger partial charge in [-0.05, 0) is 30.3 Å². The number of rotatable bonds is 6. The molecule has 0 radical (unpaired) electrons. The molecular formula is C23H22N2O4S. The number of sulfonamides is 1. The molecule has 0 unspecified atom stereocenters. The Morgan fingerprint density at radius 3 is 2.00 bits per heavy atom. The van der Waals surface area contributed by atoms with Gasteiger partial charge in [0.25, 0.3) is 0 Å². The molecule has 0 saturated heterocycles. The van der Waals surface area contributed by atoms with E-state index < -0.39 is 15.9 Å². The zero-order valence-corrected chi connectivity index (χ0v) is 17.3. The summed E-state index contributed by atoms with van der Waals surface area (Å²) in [5.41, 5.74) is 3.03. The monoisotopic (exact) mass is 422 g/mol. The Kier molecular flexibility index (Phi) is 5.57. The molecule has 0 aliphatic carbocycles. The van der Waals surface area contributed by atoms with E-state index in [0.29, 0.717) is 17.1 Å². The van der Waals surface area contributed by atoms with Crippen molar-refractivity contribution in [3.05, 3.63) is 95.1 Å². The molecule has 0 saturated carbocycles. The van der Waals surface area contributed by atoms with E-state index in [9.17, 15) is 13.2 Å². The maximum absolute atomic E-state index is 13.3. The van der Waals surface area contributed by atoms with Crippen LogP contribution in [0.4, 0.5) is 0 Å². The van der Waals surface area contributed by atoms with Gasteiger partial charge < -0.3 is 10.1 Å². The second kappa shape index (κ2) is 8.30.